The monoisotopic (exact) mass is 451 g/mol. The van der Waals surface area contributed by atoms with E-state index in [0.29, 0.717) is 10.3 Å². The van der Waals surface area contributed by atoms with Gasteiger partial charge in [-0.05, 0) is 25.1 Å². The SMILES string of the molecule is COc1ccc(Br)cc1S(=O)(=O)N(C)Cc1nc(-c2ccc(C)cc2)no1. The van der Waals surface area contributed by atoms with Gasteiger partial charge in [0.2, 0.25) is 21.7 Å². The van der Waals surface area contributed by atoms with Crippen molar-refractivity contribution in [1.29, 1.82) is 0 Å². The summed E-state index contributed by atoms with van der Waals surface area (Å²) in [5, 5.41) is 3.93. The Morgan fingerprint density at radius 1 is 1.19 bits per heavy atom. The van der Waals surface area contributed by atoms with Gasteiger partial charge in [0.15, 0.2) is 0 Å². The highest BCUT2D eigenvalue weighted by Gasteiger charge is 2.27. The van der Waals surface area contributed by atoms with Crippen LogP contribution < -0.4 is 4.74 Å². The van der Waals surface area contributed by atoms with Crippen molar-refractivity contribution >= 4 is 26.0 Å². The Hall–Kier alpha value is -2.23. The highest BCUT2D eigenvalue weighted by molar-refractivity contribution is 9.10. The van der Waals surface area contributed by atoms with Gasteiger partial charge in [-0.2, -0.15) is 9.29 Å². The summed E-state index contributed by atoms with van der Waals surface area (Å²) < 4.78 is 38.0. The van der Waals surface area contributed by atoms with Crippen LogP contribution in [0.1, 0.15) is 11.5 Å². The first kappa shape index (κ1) is 19.5. The third-order valence-corrected chi connectivity index (χ3v) is 6.27. The quantitative estimate of drug-likeness (QED) is 0.568. The Kier molecular flexibility index (Phi) is 5.64. The molecule has 2 aromatic carbocycles. The van der Waals surface area contributed by atoms with Gasteiger partial charge < -0.3 is 9.26 Å². The van der Waals surface area contributed by atoms with Crippen molar-refractivity contribution in [3.05, 3.63) is 58.4 Å². The fourth-order valence-electron chi connectivity index (χ4n) is 2.43. The molecule has 1 heterocycles. The van der Waals surface area contributed by atoms with Crippen molar-refractivity contribution in [3.63, 3.8) is 0 Å². The Balaban J connectivity index is 1.84. The maximum absolute atomic E-state index is 12.9. The molecule has 0 radical (unpaired) electrons. The zero-order valence-electron chi connectivity index (χ0n) is 15.0. The van der Waals surface area contributed by atoms with Crippen LogP contribution in [0.15, 0.2) is 56.4 Å². The number of hydrogen-bond donors (Lipinski definition) is 0. The van der Waals surface area contributed by atoms with E-state index in [-0.39, 0.29) is 23.1 Å². The van der Waals surface area contributed by atoms with E-state index in [4.69, 9.17) is 9.26 Å². The maximum atomic E-state index is 12.9. The van der Waals surface area contributed by atoms with E-state index in [1.165, 1.54) is 20.2 Å². The van der Waals surface area contributed by atoms with Gasteiger partial charge in [0.25, 0.3) is 0 Å². The molecule has 1 aromatic heterocycles. The Morgan fingerprint density at radius 2 is 1.89 bits per heavy atom. The summed E-state index contributed by atoms with van der Waals surface area (Å²) in [4.78, 5) is 4.35. The zero-order chi connectivity index (χ0) is 19.6. The Labute approximate surface area is 166 Å². The van der Waals surface area contributed by atoms with Crippen molar-refractivity contribution in [2.24, 2.45) is 0 Å². The lowest BCUT2D eigenvalue weighted by Crippen LogP contribution is -2.27. The largest absolute Gasteiger partial charge is 0.495 e. The third-order valence-electron chi connectivity index (χ3n) is 3.95. The smallest absolute Gasteiger partial charge is 0.247 e. The van der Waals surface area contributed by atoms with Crippen molar-refractivity contribution in [3.8, 4) is 17.1 Å². The molecular formula is C18H18BrN3O4S. The molecule has 0 saturated carbocycles. The van der Waals surface area contributed by atoms with Gasteiger partial charge in [-0.1, -0.05) is 50.9 Å². The summed E-state index contributed by atoms with van der Waals surface area (Å²) in [7, 11) is -0.938. The number of ether oxygens (including phenoxy) is 1. The van der Waals surface area contributed by atoms with Crippen LogP contribution >= 0.6 is 15.9 Å². The van der Waals surface area contributed by atoms with Crippen LogP contribution in [0, 0.1) is 6.92 Å². The summed E-state index contributed by atoms with van der Waals surface area (Å²) >= 11 is 3.29. The van der Waals surface area contributed by atoms with Gasteiger partial charge in [0.05, 0.1) is 13.7 Å². The van der Waals surface area contributed by atoms with Crippen molar-refractivity contribution in [2.75, 3.05) is 14.2 Å². The number of aryl methyl sites for hydroxylation is 1. The number of benzene rings is 2. The number of sulfonamides is 1. The predicted octanol–water partition coefficient (Wildman–Crippen LogP) is 3.64. The van der Waals surface area contributed by atoms with Gasteiger partial charge in [-0.3, -0.25) is 0 Å². The highest BCUT2D eigenvalue weighted by atomic mass is 79.9. The molecule has 0 spiro atoms. The highest BCUT2D eigenvalue weighted by Crippen LogP contribution is 2.30. The molecule has 0 aliphatic carbocycles. The topological polar surface area (TPSA) is 85.5 Å². The number of aromatic nitrogens is 2. The van der Waals surface area contributed by atoms with Crippen molar-refractivity contribution < 1.29 is 17.7 Å². The molecule has 7 nitrogen and oxygen atoms in total. The van der Waals surface area contributed by atoms with E-state index in [9.17, 15) is 8.42 Å². The molecule has 0 saturated heterocycles. The van der Waals surface area contributed by atoms with Crippen LogP contribution in [0.4, 0.5) is 0 Å². The van der Waals surface area contributed by atoms with E-state index in [1.807, 2.05) is 31.2 Å². The number of rotatable bonds is 6. The lowest BCUT2D eigenvalue weighted by atomic mass is 10.1. The predicted molar refractivity (Wildman–Crippen MR) is 104 cm³/mol. The van der Waals surface area contributed by atoms with Crippen LogP contribution in [0.2, 0.25) is 0 Å². The molecule has 0 fully saturated rings. The molecule has 0 atom stereocenters. The van der Waals surface area contributed by atoms with Crippen molar-refractivity contribution in [1.82, 2.24) is 14.4 Å². The van der Waals surface area contributed by atoms with Crippen LogP contribution in [0.25, 0.3) is 11.4 Å². The van der Waals surface area contributed by atoms with Crippen LogP contribution in [-0.4, -0.2) is 37.0 Å². The average molecular weight is 452 g/mol. The lowest BCUT2D eigenvalue weighted by Gasteiger charge is -2.17. The summed E-state index contributed by atoms with van der Waals surface area (Å²) in [5.41, 5.74) is 1.92. The van der Waals surface area contributed by atoms with Crippen LogP contribution in [0.3, 0.4) is 0 Å². The van der Waals surface area contributed by atoms with Gasteiger partial charge in [-0.15, -0.1) is 0 Å². The molecular weight excluding hydrogens is 434 g/mol. The van der Waals surface area contributed by atoms with E-state index in [1.54, 1.807) is 12.1 Å². The molecule has 9 heteroatoms. The van der Waals surface area contributed by atoms with Gasteiger partial charge in [-0.25, -0.2) is 8.42 Å². The van der Waals surface area contributed by atoms with Gasteiger partial charge in [0.1, 0.15) is 10.6 Å². The first-order chi connectivity index (χ1) is 12.8. The molecule has 27 heavy (non-hydrogen) atoms. The minimum Gasteiger partial charge on any atom is -0.495 e. The minimum absolute atomic E-state index is 0.0557. The second-order valence-corrected chi connectivity index (χ2v) is 8.86. The minimum atomic E-state index is -3.81. The van der Waals surface area contributed by atoms with E-state index >= 15 is 0 Å². The normalized spacial score (nSPS) is 11.7. The van der Waals surface area contributed by atoms with Crippen LogP contribution in [-0.2, 0) is 16.6 Å². The number of methoxy groups -OCH3 is 1. The zero-order valence-corrected chi connectivity index (χ0v) is 17.4. The van der Waals surface area contributed by atoms with Gasteiger partial charge in [0, 0.05) is 17.1 Å². The van der Waals surface area contributed by atoms with E-state index in [2.05, 4.69) is 26.1 Å². The molecule has 0 bridgehead atoms. The first-order valence-electron chi connectivity index (χ1n) is 8.01. The summed E-state index contributed by atoms with van der Waals surface area (Å²) in [5.74, 6) is 0.873. The molecule has 0 aliphatic rings. The Morgan fingerprint density at radius 3 is 2.56 bits per heavy atom. The molecule has 0 amide bonds. The maximum Gasteiger partial charge on any atom is 0.247 e. The summed E-state index contributed by atoms with van der Waals surface area (Å²) in [6, 6.07) is 12.5. The average Bonchev–Trinajstić information content (AvgIpc) is 3.10. The second-order valence-electron chi connectivity index (χ2n) is 5.93. The third kappa shape index (κ3) is 4.20. The molecule has 0 N–H and O–H groups in total. The van der Waals surface area contributed by atoms with E-state index < -0.39 is 10.0 Å². The molecule has 0 unspecified atom stereocenters. The molecule has 3 rings (SSSR count). The van der Waals surface area contributed by atoms with Crippen LogP contribution in [0.5, 0.6) is 5.75 Å². The molecule has 0 aliphatic heterocycles. The van der Waals surface area contributed by atoms with Crippen molar-refractivity contribution in [2.45, 2.75) is 18.4 Å². The first-order valence-corrected chi connectivity index (χ1v) is 10.2. The molecule has 3 aromatic rings. The fraction of sp³-hybridized carbons (Fsp3) is 0.222. The summed E-state index contributed by atoms with van der Waals surface area (Å²) in [6.45, 7) is 1.93. The molecule has 142 valence electrons. The number of nitrogens with zero attached hydrogens (tertiary/aromatic N) is 3. The summed E-state index contributed by atoms with van der Waals surface area (Å²) in [6.07, 6.45) is 0. The second kappa shape index (κ2) is 7.79. The number of hydrogen-bond acceptors (Lipinski definition) is 6. The fourth-order valence-corrected chi connectivity index (χ4v) is 4.24. The Bertz CT molecular complexity index is 1050. The van der Waals surface area contributed by atoms with E-state index in [0.717, 1.165) is 15.4 Å². The number of halogens is 1. The lowest BCUT2D eigenvalue weighted by molar-refractivity contribution is 0.335. The van der Waals surface area contributed by atoms with Gasteiger partial charge >= 0.3 is 0 Å². The standard InChI is InChI=1S/C18H18BrN3O4S/c1-12-4-6-13(7-5-12)18-20-17(26-21-18)11-22(2)27(23,24)16-10-14(19)8-9-15(16)25-3/h4-10H,11H2,1-3H3.